The van der Waals surface area contributed by atoms with Crippen LogP contribution >= 0.6 is 0 Å². The Bertz CT molecular complexity index is 1240. The normalized spacial score (nSPS) is 18.8. The molecule has 2 aliphatic heterocycles. The van der Waals surface area contributed by atoms with Gasteiger partial charge in [-0.15, -0.1) is 0 Å². The highest BCUT2D eigenvalue weighted by molar-refractivity contribution is 6.01. The SMILES string of the molecule is CC(C)(C)OC(=O)CCN1C(=O)C(CC(=O)OCc2ccccc2)NC(=O)C12CCN(CCCCc1ccccc1)CC2. The Kier molecular flexibility index (Phi) is 11.0. The van der Waals surface area contributed by atoms with Gasteiger partial charge in [0.15, 0.2) is 0 Å². The van der Waals surface area contributed by atoms with E-state index in [0.717, 1.165) is 31.4 Å². The van der Waals surface area contributed by atoms with Crippen molar-refractivity contribution in [3.8, 4) is 0 Å². The fraction of sp³-hybridized carbons (Fsp3) is 0.529. The lowest BCUT2D eigenvalue weighted by Gasteiger charge is -2.51. The summed E-state index contributed by atoms with van der Waals surface area (Å²) in [6.45, 7) is 7.76. The van der Waals surface area contributed by atoms with Crippen LogP contribution in [0, 0.1) is 0 Å². The number of hydrogen-bond acceptors (Lipinski definition) is 7. The van der Waals surface area contributed by atoms with Crippen molar-refractivity contribution in [2.24, 2.45) is 0 Å². The summed E-state index contributed by atoms with van der Waals surface area (Å²) in [5, 5.41) is 2.83. The highest BCUT2D eigenvalue weighted by Gasteiger charge is 2.53. The van der Waals surface area contributed by atoms with E-state index < -0.39 is 29.1 Å². The largest absolute Gasteiger partial charge is 0.461 e. The first kappa shape index (κ1) is 32.2. The zero-order valence-corrected chi connectivity index (χ0v) is 25.7. The van der Waals surface area contributed by atoms with Crippen molar-refractivity contribution in [2.75, 3.05) is 26.2 Å². The molecule has 0 bridgehead atoms. The van der Waals surface area contributed by atoms with Crippen LogP contribution in [-0.2, 0) is 41.7 Å². The lowest BCUT2D eigenvalue weighted by Crippen LogP contribution is -2.73. The number of hydrogen-bond donors (Lipinski definition) is 1. The van der Waals surface area contributed by atoms with Crippen molar-refractivity contribution in [3.63, 3.8) is 0 Å². The van der Waals surface area contributed by atoms with Crippen LogP contribution in [0.3, 0.4) is 0 Å². The molecule has 2 aromatic carbocycles. The maximum Gasteiger partial charge on any atom is 0.308 e. The molecular weight excluding hydrogens is 546 g/mol. The predicted octanol–water partition coefficient (Wildman–Crippen LogP) is 4.04. The van der Waals surface area contributed by atoms with Crippen LogP contribution in [0.5, 0.6) is 0 Å². The summed E-state index contributed by atoms with van der Waals surface area (Å²) < 4.78 is 10.9. The molecule has 43 heavy (non-hydrogen) atoms. The summed E-state index contributed by atoms with van der Waals surface area (Å²) in [4.78, 5) is 56.7. The number of aryl methyl sites for hydroxylation is 1. The van der Waals surface area contributed by atoms with E-state index >= 15 is 0 Å². The summed E-state index contributed by atoms with van der Waals surface area (Å²) in [5.41, 5.74) is 0.440. The molecule has 2 saturated heterocycles. The Morgan fingerprint density at radius 3 is 2.14 bits per heavy atom. The van der Waals surface area contributed by atoms with E-state index in [1.165, 1.54) is 10.5 Å². The topological polar surface area (TPSA) is 105 Å². The minimum atomic E-state index is -1.07. The second-order valence-corrected chi connectivity index (χ2v) is 12.5. The Morgan fingerprint density at radius 1 is 0.884 bits per heavy atom. The number of unbranched alkanes of at least 4 members (excludes halogenated alkanes) is 1. The van der Waals surface area contributed by atoms with E-state index in [0.29, 0.717) is 25.9 Å². The van der Waals surface area contributed by atoms with E-state index in [9.17, 15) is 19.2 Å². The standard InChI is InChI=1S/C34H45N3O6/c1-33(2,3)43-29(38)17-21-37-31(40)28(24-30(39)42-25-27-15-8-5-9-16-27)35-32(41)34(37)18-22-36(23-19-34)20-11-10-14-26-12-6-4-7-13-26/h4-9,12-13,15-16,28H,10-11,14,17-25H2,1-3H3,(H,35,41). The monoisotopic (exact) mass is 591 g/mol. The number of likely N-dealkylation sites (tertiary alicyclic amines) is 1. The van der Waals surface area contributed by atoms with Gasteiger partial charge in [-0.3, -0.25) is 19.2 Å². The van der Waals surface area contributed by atoms with Crippen molar-refractivity contribution in [1.29, 1.82) is 0 Å². The third-order valence-electron chi connectivity index (χ3n) is 8.10. The molecule has 1 N–H and O–H groups in total. The smallest absolute Gasteiger partial charge is 0.308 e. The molecule has 1 spiro atoms. The third kappa shape index (κ3) is 9.13. The van der Waals surface area contributed by atoms with E-state index in [-0.39, 0.29) is 37.8 Å². The van der Waals surface area contributed by atoms with Crippen molar-refractivity contribution >= 4 is 23.8 Å². The van der Waals surface area contributed by atoms with E-state index in [2.05, 4.69) is 34.5 Å². The van der Waals surface area contributed by atoms with Crippen LogP contribution in [0.2, 0.25) is 0 Å². The molecule has 2 aromatic rings. The molecule has 9 heteroatoms. The maximum absolute atomic E-state index is 13.8. The van der Waals surface area contributed by atoms with Crippen LogP contribution in [0.15, 0.2) is 60.7 Å². The number of ether oxygens (including phenoxy) is 2. The highest BCUT2D eigenvalue weighted by Crippen LogP contribution is 2.34. The van der Waals surface area contributed by atoms with Crippen LogP contribution in [0.1, 0.15) is 70.4 Å². The van der Waals surface area contributed by atoms with Gasteiger partial charge >= 0.3 is 11.9 Å². The number of nitrogens with zero attached hydrogens (tertiary/aromatic N) is 2. The van der Waals surface area contributed by atoms with Gasteiger partial charge in [0.2, 0.25) is 11.8 Å². The number of esters is 2. The average Bonchev–Trinajstić information content (AvgIpc) is 2.98. The molecule has 1 atom stereocenters. The van der Waals surface area contributed by atoms with E-state index in [1.807, 2.05) is 36.4 Å². The summed E-state index contributed by atoms with van der Waals surface area (Å²) in [6.07, 6.45) is 3.77. The van der Waals surface area contributed by atoms with Gasteiger partial charge in [0.05, 0.1) is 12.8 Å². The van der Waals surface area contributed by atoms with Gasteiger partial charge in [-0.1, -0.05) is 60.7 Å². The number of carbonyl (C=O) groups excluding carboxylic acids is 4. The molecule has 2 amide bonds. The number of nitrogens with one attached hydrogen (secondary N) is 1. The Balaban J connectivity index is 1.37. The second kappa shape index (κ2) is 14.6. The van der Waals surface area contributed by atoms with Crippen LogP contribution < -0.4 is 5.32 Å². The average molecular weight is 592 g/mol. The number of carbonyl (C=O) groups is 4. The maximum atomic E-state index is 13.8. The number of amides is 2. The number of piperazine rings is 1. The van der Waals surface area contributed by atoms with Gasteiger partial charge in [0.25, 0.3) is 0 Å². The van der Waals surface area contributed by atoms with Crippen LogP contribution in [-0.4, -0.2) is 76.9 Å². The summed E-state index contributed by atoms with van der Waals surface area (Å²) >= 11 is 0. The molecule has 0 saturated carbocycles. The van der Waals surface area contributed by atoms with Crippen molar-refractivity contribution in [1.82, 2.24) is 15.1 Å². The van der Waals surface area contributed by atoms with Crippen molar-refractivity contribution in [2.45, 2.75) is 89.5 Å². The quantitative estimate of drug-likeness (QED) is 0.294. The van der Waals surface area contributed by atoms with Crippen LogP contribution in [0.25, 0.3) is 0 Å². The van der Waals surface area contributed by atoms with Gasteiger partial charge in [0.1, 0.15) is 23.8 Å². The van der Waals surface area contributed by atoms with E-state index in [4.69, 9.17) is 9.47 Å². The van der Waals surface area contributed by atoms with Crippen molar-refractivity contribution in [3.05, 3.63) is 71.8 Å². The number of benzene rings is 2. The highest BCUT2D eigenvalue weighted by atomic mass is 16.6. The molecule has 232 valence electrons. The lowest BCUT2D eigenvalue weighted by molar-refractivity contribution is -0.166. The first-order valence-corrected chi connectivity index (χ1v) is 15.4. The minimum Gasteiger partial charge on any atom is -0.461 e. The Morgan fingerprint density at radius 2 is 1.51 bits per heavy atom. The molecule has 2 fully saturated rings. The molecule has 9 nitrogen and oxygen atoms in total. The van der Waals surface area contributed by atoms with Gasteiger partial charge in [-0.05, 0) is 70.5 Å². The molecule has 2 heterocycles. The molecule has 0 aliphatic carbocycles. The third-order valence-corrected chi connectivity index (χ3v) is 8.10. The number of rotatable bonds is 12. The van der Waals surface area contributed by atoms with Gasteiger partial charge in [-0.2, -0.15) is 0 Å². The second-order valence-electron chi connectivity index (χ2n) is 12.5. The summed E-state index contributed by atoms with van der Waals surface area (Å²) in [6, 6.07) is 18.7. The van der Waals surface area contributed by atoms with Crippen molar-refractivity contribution < 1.29 is 28.7 Å². The molecular formula is C34H45N3O6. The molecule has 0 aromatic heterocycles. The first-order valence-electron chi connectivity index (χ1n) is 15.4. The van der Waals surface area contributed by atoms with E-state index in [1.54, 1.807) is 20.8 Å². The molecule has 2 aliphatic rings. The van der Waals surface area contributed by atoms with Gasteiger partial charge < -0.3 is 24.6 Å². The van der Waals surface area contributed by atoms with Gasteiger partial charge in [0, 0.05) is 19.6 Å². The minimum absolute atomic E-state index is 0.0353. The zero-order chi connectivity index (χ0) is 30.9. The molecule has 0 radical (unpaired) electrons. The summed E-state index contributed by atoms with van der Waals surface area (Å²) in [5.74, 6) is -1.65. The summed E-state index contributed by atoms with van der Waals surface area (Å²) in [7, 11) is 0. The van der Waals surface area contributed by atoms with Gasteiger partial charge in [-0.25, -0.2) is 0 Å². The Hall–Kier alpha value is -3.72. The van der Waals surface area contributed by atoms with Crippen LogP contribution in [0.4, 0.5) is 0 Å². The molecule has 4 rings (SSSR count). The molecule has 1 unspecified atom stereocenters. The zero-order valence-electron chi connectivity index (χ0n) is 25.7. The number of piperidine rings is 1. The lowest BCUT2D eigenvalue weighted by atomic mass is 9.81. The Labute approximate surface area is 254 Å². The predicted molar refractivity (Wildman–Crippen MR) is 163 cm³/mol. The fourth-order valence-electron chi connectivity index (χ4n) is 5.85. The fourth-order valence-corrected chi connectivity index (χ4v) is 5.85. The first-order chi connectivity index (χ1) is 20.6.